The van der Waals surface area contributed by atoms with Crippen molar-refractivity contribution >= 4 is 27.0 Å². The van der Waals surface area contributed by atoms with Crippen molar-refractivity contribution in [3.8, 4) is 22.3 Å². The molecule has 1 aliphatic heterocycles. The third-order valence-electron chi connectivity index (χ3n) is 8.45. The van der Waals surface area contributed by atoms with Crippen LogP contribution in [-0.2, 0) is 23.0 Å². The van der Waals surface area contributed by atoms with E-state index in [2.05, 4.69) is 31.0 Å². The van der Waals surface area contributed by atoms with Gasteiger partial charge in [-0.2, -0.15) is 0 Å². The number of carbonyl (C=O) groups is 1. The third-order valence-corrected chi connectivity index (χ3v) is 10.1. The second-order valence-corrected chi connectivity index (χ2v) is 13.7. The fourth-order valence-corrected chi connectivity index (χ4v) is 7.34. The van der Waals surface area contributed by atoms with Crippen LogP contribution in [-0.4, -0.2) is 60.8 Å². The van der Waals surface area contributed by atoms with E-state index >= 15 is 0 Å². The van der Waals surface area contributed by atoms with Gasteiger partial charge in [0.15, 0.2) is 5.65 Å². The number of carbonyl (C=O) groups excluding carboxylic acids is 1. The summed E-state index contributed by atoms with van der Waals surface area (Å²) in [5.41, 5.74) is 10.3. The maximum Gasteiger partial charge on any atom is 0.269 e. The molecule has 220 valence electrons. The lowest BCUT2D eigenvalue weighted by Gasteiger charge is -2.27. The van der Waals surface area contributed by atoms with Gasteiger partial charge in [-0.25, -0.2) is 17.4 Å². The molecule has 2 aromatic heterocycles. The Morgan fingerprint density at radius 1 is 0.884 bits per heavy atom. The van der Waals surface area contributed by atoms with E-state index in [0.29, 0.717) is 11.2 Å². The number of hydrogen-bond acceptors (Lipinski definition) is 5. The van der Waals surface area contributed by atoms with E-state index in [-0.39, 0.29) is 10.8 Å². The highest BCUT2D eigenvalue weighted by Crippen LogP contribution is 2.37. The van der Waals surface area contributed by atoms with Crippen molar-refractivity contribution in [1.29, 1.82) is 0 Å². The highest BCUT2D eigenvalue weighted by molar-refractivity contribution is 7.90. The van der Waals surface area contributed by atoms with Crippen LogP contribution in [0, 0.1) is 20.8 Å². The number of rotatable bonds is 5. The molecule has 6 rings (SSSR count). The average molecular weight is 593 g/mol. The summed E-state index contributed by atoms with van der Waals surface area (Å²) >= 11 is 0. The minimum atomic E-state index is -3.93. The second kappa shape index (κ2) is 10.8. The summed E-state index contributed by atoms with van der Waals surface area (Å²) in [7, 11) is 1.67. The molecular weight excluding hydrogens is 556 g/mol. The summed E-state index contributed by atoms with van der Waals surface area (Å²) in [6.07, 6.45) is 4.46. The maximum atomic E-state index is 13.9. The first-order valence-corrected chi connectivity index (χ1v) is 15.9. The van der Waals surface area contributed by atoms with Gasteiger partial charge in [0.2, 0.25) is 0 Å². The standard InChI is InChI=1S/C35H36N4O3S/c1-22-7-10-29(11-8-22)43(41,42)39-21-33(25-9-12-31(24(3)15-25)35(40)37(4)5)32-18-27(19-36-34(32)39)26-16-23(2)30-13-14-38(6)20-28(30)17-26/h7-12,15-19,21H,13-14,20H2,1-6H3. The molecule has 3 heterocycles. The minimum absolute atomic E-state index is 0.0780. The molecule has 0 unspecified atom stereocenters. The monoisotopic (exact) mass is 592 g/mol. The molecule has 8 heteroatoms. The van der Waals surface area contributed by atoms with Crippen LogP contribution in [0.2, 0.25) is 0 Å². The Kier molecular flexibility index (Phi) is 7.22. The van der Waals surface area contributed by atoms with Crippen LogP contribution in [0.1, 0.15) is 38.2 Å². The van der Waals surface area contributed by atoms with E-state index in [0.717, 1.165) is 58.3 Å². The Morgan fingerprint density at radius 3 is 2.30 bits per heavy atom. The van der Waals surface area contributed by atoms with Gasteiger partial charge in [-0.1, -0.05) is 35.9 Å². The van der Waals surface area contributed by atoms with Gasteiger partial charge >= 0.3 is 0 Å². The molecule has 1 aliphatic rings. The van der Waals surface area contributed by atoms with Gasteiger partial charge in [0.25, 0.3) is 15.9 Å². The van der Waals surface area contributed by atoms with Crippen LogP contribution < -0.4 is 0 Å². The number of fused-ring (bicyclic) bond motifs is 2. The molecule has 0 saturated carbocycles. The molecule has 0 radical (unpaired) electrons. The van der Waals surface area contributed by atoms with E-state index in [9.17, 15) is 13.2 Å². The zero-order valence-electron chi connectivity index (χ0n) is 25.5. The van der Waals surface area contributed by atoms with Crippen molar-refractivity contribution in [1.82, 2.24) is 18.8 Å². The zero-order chi connectivity index (χ0) is 30.6. The molecule has 3 aromatic carbocycles. The Balaban J connectivity index is 1.56. The van der Waals surface area contributed by atoms with E-state index < -0.39 is 10.0 Å². The molecule has 0 N–H and O–H groups in total. The zero-order valence-corrected chi connectivity index (χ0v) is 26.3. The molecule has 0 atom stereocenters. The predicted molar refractivity (Wildman–Crippen MR) is 172 cm³/mol. The predicted octanol–water partition coefficient (Wildman–Crippen LogP) is 6.22. The molecule has 0 saturated heterocycles. The number of hydrogen-bond donors (Lipinski definition) is 0. The van der Waals surface area contributed by atoms with Crippen LogP contribution in [0.4, 0.5) is 0 Å². The van der Waals surface area contributed by atoms with E-state index in [1.807, 2.05) is 38.1 Å². The molecular formula is C35H36N4O3S. The SMILES string of the molecule is Cc1ccc(S(=O)(=O)n2cc(-c3ccc(C(=O)N(C)C)c(C)c3)c3cc(-c4cc(C)c5c(c4)CN(C)CC5)cnc32)cc1. The number of amides is 1. The summed E-state index contributed by atoms with van der Waals surface area (Å²) < 4.78 is 29.2. The average Bonchev–Trinajstić information content (AvgIpc) is 3.36. The highest BCUT2D eigenvalue weighted by Gasteiger charge is 2.24. The highest BCUT2D eigenvalue weighted by atomic mass is 32.2. The number of aryl methyl sites for hydroxylation is 3. The fraction of sp³-hybridized carbons (Fsp3) is 0.257. The first-order valence-electron chi connectivity index (χ1n) is 14.4. The third kappa shape index (κ3) is 5.15. The number of aromatic nitrogens is 2. The van der Waals surface area contributed by atoms with Crippen molar-refractivity contribution in [3.05, 3.63) is 106 Å². The topological polar surface area (TPSA) is 75.5 Å². The fourth-order valence-electron chi connectivity index (χ4n) is 6.01. The lowest BCUT2D eigenvalue weighted by Crippen LogP contribution is -2.27. The molecule has 0 bridgehead atoms. The Morgan fingerprint density at radius 2 is 1.60 bits per heavy atom. The van der Waals surface area contributed by atoms with Crippen LogP contribution >= 0.6 is 0 Å². The van der Waals surface area contributed by atoms with Crippen LogP contribution in [0.25, 0.3) is 33.3 Å². The van der Waals surface area contributed by atoms with Gasteiger partial charge < -0.3 is 9.80 Å². The second-order valence-electron chi connectivity index (χ2n) is 11.9. The lowest BCUT2D eigenvalue weighted by molar-refractivity contribution is 0.0827. The molecule has 0 spiro atoms. The van der Waals surface area contributed by atoms with Crippen LogP contribution in [0.5, 0.6) is 0 Å². The van der Waals surface area contributed by atoms with E-state index in [1.165, 1.54) is 20.7 Å². The molecule has 0 fully saturated rings. The number of pyridine rings is 1. The smallest absolute Gasteiger partial charge is 0.269 e. The Bertz CT molecular complexity index is 2010. The number of nitrogens with zero attached hydrogens (tertiary/aromatic N) is 4. The number of benzene rings is 3. The summed E-state index contributed by atoms with van der Waals surface area (Å²) in [5, 5.41) is 0.728. The van der Waals surface area contributed by atoms with Gasteiger partial charge in [-0.3, -0.25) is 4.79 Å². The van der Waals surface area contributed by atoms with Gasteiger partial charge in [-0.05, 0) is 98.0 Å². The summed E-state index contributed by atoms with van der Waals surface area (Å²) in [5.74, 6) is -0.0780. The summed E-state index contributed by atoms with van der Waals surface area (Å²) in [6.45, 7) is 7.93. The van der Waals surface area contributed by atoms with Crippen molar-refractivity contribution in [3.63, 3.8) is 0 Å². The molecule has 43 heavy (non-hydrogen) atoms. The molecule has 5 aromatic rings. The van der Waals surface area contributed by atoms with Crippen LogP contribution in [0.15, 0.2) is 78.0 Å². The van der Waals surface area contributed by atoms with Crippen molar-refractivity contribution in [2.75, 3.05) is 27.7 Å². The molecule has 7 nitrogen and oxygen atoms in total. The molecule has 1 amide bonds. The first kappa shape index (κ1) is 28.8. The first-order chi connectivity index (χ1) is 20.4. The largest absolute Gasteiger partial charge is 0.345 e. The summed E-state index contributed by atoms with van der Waals surface area (Å²) in [4.78, 5) is 21.6. The molecule has 0 aliphatic carbocycles. The normalized spacial score (nSPS) is 13.7. The van der Waals surface area contributed by atoms with Gasteiger partial charge in [-0.15, -0.1) is 0 Å². The van der Waals surface area contributed by atoms with Crippen molar-refractivity contribution < 1.29 is 13.2 Å². The van der Waals surface area contributed by atoms with E-state index in [1.54, 1.807) is 55.7 Å². The Labute approximate surface area is 253 Å². The van der Waals surface area contributed by atoms with Gasteiger partial charge in [0.1, 0.15) is 0 Å². The lowest BCUT2D eigenvalue weighted by atomic mass is 9.91. The van der Waals surface area contributed by atoms with Gasteiger partial charge in [0, 0.05) is 61.7 Å². The number of likely N-dealkylation sites (N-methyl/N-ethyl adjacent to an activating group) is 1. The van der Waals surface area contributed by atoms with Gasteiger partial charge in [0.05, 0.1) is 4.90 Å². The Hall–Kier alpha value is -4.27. The van der Waals surface area contributed by atoms with Crippen molar-refractivity contribution in [2.45, 2.75) is 38.6 Å². The van der Waals surface area contributed by atoms with Crippen molar-refractivity contribution in [2.24, 2.45) is 0 Å². The van der Waals surface area contributed by atoms with Crippen LogP contribution in [0.3, 0.4) is 0 Å². The summed E-state index contributed by atoms with van der Waals surface area (Å²) in [6, 6.07) is 19.0. The van der Waals surface area contributed by atoms with E-state index in [4.69, 9.17) is 4.98 Å². The minimum Gasteiger partial charge on any atom is -0.345 e. The quantitative estimate of drug-likeness (QED) is 0.242. The maximum absolute atomic E-state index is 13.9.